The number of carbonyl (C=O) groups excluding carboxylic acids is 2. The molecule has 27 heavy (non-hydrogen) atoms. The zero-order chi connectivity index (χ0) is 20.1. The van der Waals surface area contributed by atoms with Crippen molar-refractivity contribution in [1.29, 1.82) is 0 Å². The number of alkyl halides is 3. The summed E-state index contributed by atoms with van der Waals surface area (Å²) in [6, 6.07) is 3.20. The number of nitrogens with zero attached hydrogens (tertiary/aromatic N) is 1. The molecule has 1 saturated heterocycles. The van der Waals surface area contributed by atoms with Crippen molar-refractivity contribution in [2.45, 2.75) is 22.1 Å². The first-order chi connectivity index (χ1) is 12.7. The zero-order valence-corrected chi connectivity index (χ0v) is 18.8. The van der Waals surface area contributed by atoms with Crippen LogP contribution in [0.2, 0.25) is 0 Å². The lowest BCUT2D eigenvalue weighted by Gasteiger charge is -2.42. The van der Waals surface area contributed by atoms with Crippen LogP contribution in [0.5, 0.6) is 11.5 Å². The molecular formula is C18H15Br2Cl2NO4. The maximum atomic E-state index is 13.2. The maximum absolute atomic E-state index is 13.2. The monoisotopic (exact) mass is 537 g/mol. The molecule has 0 radical (unpaired) electrons. The van der Waals surface area contributed by atoms with Gasteiger partial charge in [-0.3, -0.25) is 14.5 Å². The summed E-state index contributed by atoms with van der Waals surface area (Å²) in [7, 11) is 1.41. The van der Waals surface area contributed by atoms with Gasteiger partial charge < -0.3 is 9.84 Å². The fourth-order valence-electron chi connectivity index (χ4n) is 3.67. The lowest BCUT2D eigenvalue weighted by Crippen LogP contribution is -2.54. The highest BCUT2D eigenvalue weighted by Gasteiger charge is 2.72. The third-order valence-electron chi connectivity index (χ3n) is 5.03. The van der Waals surface area contributed by atoms with Gasteiger partial charge in [-0.1, -0.05) is 34.7 Å². The Balaban J connectivity index is 2.30. The van der Waals surface area contributed by atoms with E-state index >= 15 is 0 Å². The number of hydrogen-bond donors (Lipinski definition) is 1. The van der Waals surface area contributed by atoms with Crippen LogP contribution in [0.3, 0.4) is 0 Å². The Hall–Kier alpha value is -1.02. The van der Waals surface area contributed by atoms with Gasteiger partial charge in [-0.15, -0.1) is 23.2 Å². The van der Waals surface area contributed by atoms with Crippen LogP contribution in [0.15, 0.2) is 40.9 Å². The lowest BCUT2D eigenvalue weighted by atomic mass is 9.68. The molecule has 2 amide bonds. The fourth-order valence-corrected chi connectivity index (χ4v) is 5.47. The number of benzene rings is 1. The largest absolute Gasteiger partial charge is 0.503 e. The van der Waals surface area contributed by atoms with Gasteiger partial charge in [-0.2, -0.15) is 0 Å². The van der Waals surface area contributed by atoms with Gasteiger partial charge in [0.05, 0.1) is 17.0 Å². The number of likely N-dealkylation sites (tertiary alicyclic amines) is 1. The fraction of sp³-hybridized carbons (Fsp3) is 0.333. The number of allylic oxidation sites excluding steroid dienone is 3. The van der Waals surface area contributed by atoms with E-state index < -0.39 is 27.5 Å². The SMILES string of the molecule is C=CC1=CCC2(Cl)C(=O)N(CBr)C(=O)C2(Cl)C1c1cc(Br)c(O)c(OC)c1. The van der Waals surface area contributed by atoms with E-state index in [1.54, 1.807) is 24.3 Å². The number of carbonyl (C=O) groups is 2. The molecule has 0 saturated carbocycles. The van der Waals surface area contributed by atoms with Gasteiger partial charge in [0.1, 0.15) is 0 Å². The number of methoxy groups -OCH3 is 1. The number of phenols is 1. The predicted molar refractivity (Wildman–Crippen MR) is 111 cm³/mol. The molecule has 144 valence electrons. The average molecular weight is 540 g/mol. The number of ether oxygens (including phenoxy) is 1. The highest BCUT2D eigenvalue weighted by molar-refractivity contribution is 9.10. The van der Waals surface area contributed by atoms with E-state index in [0.717, 1.165) is 4.90 Å². The molecule has 5 nitrogen and oxygen atoms in total. The van der Waals surface area contributed by atoms with Crippen LogP contribution in [-0.2, 0) is 9.59 Å². The predicted octanol–water partition coefficient (Wildman–Crippen LogP) is 4.44. The van der Waals surface area contributed by atoms with E-state index in [4.69, 9.17) is 27.9 Å². The normalized spacial score (nSPS) is 30.2. The van der Waals surface area contributed by atoms with E-state index in [-0.39, 0.29) is 23.4 Å². The molecule has 9 heteroatoms. The van der Waals surface area contributed by atoms with Crippen LogP contribution in [-0.4, -0.2) is 44.1 Å². The minimum Gasteiger partial charge on any atom is -0.503 e. The summed E-state index contributed by atoms with van der Waals surface area (Å²) in [6.45, 7) is 3.81. The molecule has 1 aromatic carbocycles. The Kier molecular flexibility index (Phi) is 5.45. The van der Waals surface area contributed by atoms with E-state index in [1.165, 1.54) is 7.11 Å². The van der Waals surface area contributed by atoms with Crippen molar-refractivity contribution in [2.24, 2.45) is 0 Å². The summed E-state index contributed by atoms with van der Waals surface area (Å²) in [5.41, 5.74) is 1.21. The number of amides is 2. The van der Waals surface area contributed by atoms with E-state index in [0.29, 0.717) is 15.6 Å². The van der Waals surface area contributed by atoms with Gasteiger partial charge in [0, 0.05) is 5.92 Å². The molecule has 3 atom stereocenters. The molecule has 0 bridgehead atoms. The van der Waals surface area contributed by atoms with Crippen molar-refractivity contribution in [1.82, 2.24) is 4.90 Å². The summed E-state index contributed by atoms with van der Waals surface area (Å²) < 4.78 is 5.58. The molecule has 1 aliphatic heterocycles. The molecule has 1 aliphatic carbocycles. The first-order valence-electron chi connectivity index (χ1n) is 7.86. The minimum absolute atomic E-state index is 0.00760. The second kappa shape index (κ2) is 7.10. The van der Waals surface area contributed by atoms with Gasteiger partial charge >= 0.3 is 0 Å². The molecule has 1 heterocycles. The smallest absolute Gasteiger partial charge is 0.254 e. The number of imide groups is 1. The number of rotatable bonds is 4. The minimum atomic E-state index is -1.75. The number of hydrogen-bond acceptors (Lipinski definition) is 4. The van der Waals surface area contributed by atoms with Crippen LogP contribution < -0.4 is 4.74 Å². The van der Waals surface area contributed by atoms with Gasteiger partial charge in [-0.05, 0) is 45.6 Å². The molecule has 1 fully saturated rings. The lowest BCUT2D eigenvalue weighted by molar-refractivity contribution is -0.138. The van der Waals surface area contributed by atoms with Crippen molar-refractivity contribution in [3.63, 3.8) is 0 Å². The first-order valence-corrected chi connectivity index (χ1v) is 10.5. The molecule has 3 rings (SSSR count). The molecule has 0 aromatic heterocycles. The number of fused-ring (bicyclic) bond motifs is 1. The summed E-state index contributed by atoms with van der Waals surface area (Å²) in [5, 5.41) is 10.1. The van der Waals surface area contributed by atoms with Crippen molar-refractivity contribution in [3.05, 3.63) is 46.5 Å². The Morgan fingerprint density at radius 3 is 2.63 bits per heavy atom. The topological polar surface area (TPSA) is 66.8 Å². The van der Waals surface area contributed by atoms with Crippen molar-refractivity contribution in [2.75, 3.05) is 12.6 Å². The first kappa shape index (κ1) is 20.7. The molecular weight excluding hydrogens is 525 g/mol. The molecule has 2 aliphatic rings. The second-order valence-corrected chi connectivity index (χ2v) is 8.87. The van der Waals surface area contributed by atoms with Crippen molar-refractivity contribution in [3.8, 4) is 11.5 Å². The van der Waals surface area contributed by atoms with Crippen LogP contribution in [0.1, 0.15) is 17.9 Å². The number of aromatic hydroxyl groups is 1. The van der Waals surface area contributed by atoms with Gasteiger partial charge in [-0.25, -0.2) is 0 Å². The highest BCUT2D eigenvalue weighted by atomic mass is 79.9. The number of halogens is 4. The molecule has 0 spiro atoms. The van der Waals surface area contributed by atoms with Crippen LogP contribution >= 0.6 is 55.1 Å². The number of phenolic OH excluding ortho intramolecular Hbond substituents is 1. The summed E-state index contributed by atoms with van der Waals surface area (Å²) in [4.78, 5) is 23.7. The van der Waals surface area contributed by atoms with Gasteiger partial charge in [0.25, 0.3) is 11.8 Å². The van der Waals surface area contributed by atoms with Crippen molar-refractivity contribution >= 4 is 66.9 Å². The van der Waals surface area contributed by atoms with Crippen LogP contribution in [0, 0.1) is 0 Å². The third-order valence-corrected chi connectivity index (χ3v) is 7.55. The maximum Gasteiger partial charge on any atom is 0.254 e. The molecule has 1 N–H and O–H groups in total. The highest BCUT2D eigenvalue weighted by Crippen LogP contribution is 2.59. The van der Waals surface area contributed by atoms with Gasteiger partial charge in [0.2, 0.25) is 0 Å². The summed E-state index contributed by atoms with van der Waals surface area (Å²) >= 11 is 20.1. The summed E-state index contributed by atoms with van der Waals surface area (Å²) in [5.74, 6) is -1.79. The Bertz CT molecular complexity index is 890. The van der Waals surface area contributed by atoms with E-state index in [1.807, 2.05) is 0 Å². The van der Waals surface area contributed by atoms with E-state index in [2.05, 4.69) is 38.4 Å². The Morgan fingerprint density at radius 2 is 2.07 bits per heavy atom. The van der Waals surface area contributed by atoms with Gasteiger partial charge in [0.15, 0.2) is 21.2 Å². The van der Waals surface area contributed by atoms with Crippen molar-refractivity contribution < 1.29 is 19.4 Å². The molecule has 3 unspecified atom stereocenters. The van der Waals surface area contributed by atoms with E-state index in [9.17, 15) is 14.7 Å². The quantitative estimate of drug-likeness (QED) is 0.349. The standard InChI is InChI=1S/C18H15Br2Cl2NO4/c1-3-9-4-5-17(21)15(25)23(8-19)16(26)18(17,22)13(9)10-6-11(20)14(24)12(7-10)27-2/h3-4,6-7,13,24H,1,5,8H2,2H3. The Labute approximate surface area is 183 Å². The van der Waals surface area contributed by atoms with Crippen LogP contribution in [0.4, 0.5) is 0 Å². The second-order valence-electron chi connectivity index (χ2n) is 6.27. The summed E-state index contributed by atoms with van der Waals surface area (Å²) in [6.07, 6.45) is 3.45. The third kappa shape index (κ3) is 2.69. The molecule has 1 aromatic rings. The van der Waals surface area contributed by atoms with Crippen LogP contribution in [0.25, 0.3) is 0 Å². The average Bonchev–Trinajstić information content (AvgIpc) is 2.80. The Morgan fingerprint density at radius 1 is 1.41 bits per heavy atom. The zero-order valence-electron chi connectivity index (χ0n) is 14.1.